The maximum atomic E-state index is 12.0. The highest BCUT2D eigenvalue weighted by molar-refractivity contribution is 7.19. The van der Waals surface area contributed by atoms with Gasteiger partial charge in [-0.3, -0.25) is 10.1 Å². The summed E-state index contributed by atoms with van der Waals surface area (Å²) in [6, 6.07) is 27.4. The number of nitro groups is 1. The number of para-hydroxylation sites is 3. The average Bonchev–Trinajstić information content (AvgIpc) is 3.57. The molecule has 0 radical (unpaired) electrons. The Kier molecular flexibility index (Phi) is 6.03. The van der Waals surface area contributed by atoms with Gasteiger partial charge in [-0.15, -0.1) is 11.3 Å². The Balaban J connectivity index is 1.44. The summed E-state index contributed by atoms with van der Waals surface area (Å²) in [5.41, 5.74) is 3.80. The van der Waals surface area contributed by atoms with Crippen LogP contribution in [0.4, 0.5) is 5.69 Å². The molecule has 0 aliphatic rings. The first-order valence-corrected chi connectivity index (χ1v) is 12.5. The lowest BCUT2D eigenvalue weighted by Gasteiger charge is -2.08. The molecule has 0 aliphatic carbocycles. The van der Waals surface area contributed by atoms with Crippen LogP contribution in [-0.2, 0) is 0 Å². The first-order valence-electron chi connectivity index (χ1n) is 11.7. The third kappa shape index (κ3) is 4.58. The van der Waals surface area contributed by atoms with Crippen LogP contribution in [0.5, 0.6) is 17.2 Å². The fourth-order valence-corrected chi connectivity index (χ4v) is 5.07. The number of H-pyrrole nitrogens is 1. The lowest BCUT2D eigenvalue weighted by atomic mass is 10.1. The minimum absolute atomic E-state index is 0.141. The van der Waals surface area contributed by atoms with E-state index in [0.29, 0.717) is 22.9 Å². The van der Waals surface area contributed by atoms with Crippen molar-refractivity contribution < 1.29 is 14.4 Å². The van der Waals surface area contributed by atoms with Crippen LogP contribution in [0.25, 0.3) is 32.9 Å². The minimum atomic E-state index is -0.450. The predicted molar refractivity (Wildman–Crippen MR) is 149 cm³/mol. The van der Waals surface area contributed by atoms with Gasteiger partial charge in [0.05, 0.1) is 38.9 Å². The standard InChI is InChI=1S/C29H20N4O4S/c1-36-19-11-13-20(14-12-19)37-26-15-10-18(17-25(26)33(34)35)16-21(28-30-22-6-2-3-7-23(22)31-28)29-32-24-8-4-5-9-27(24)38-29/h2-17H,1H3,(H,30,31)/b21-16-. The van der Waals surface area contributed by atoms with Crippen molar-refractivity contribution in [3.63, 3.8) is 0 Å². The van der Waals surface area contributed by atoms with Gasteiger partial charge in [0, 0.05) is 6.07 Å². The average molecular weight is 521 g/mol. The van der Waals surface area contributed by atoms with Crippen LogP contribution in [-0.4, -0.2) is 27.0 Å². The summed E-state index contributed by atoms with van der Waals surface area (Å²) >= 11 is 1.54. The van der Waals surface area contributed by atoms with E-state index in [4.69, 9.17) is 19.4 Å². The zero-order valence-electron chi connectivity index (χ0n) is 20.1. The van der Waals surface area contributed by atoms with E-state index in [0.717, 1.165) is 31.8 Å². The molecule has 8 nitrogen and oxygen atoms in total. The van der Waals surface area contributed by atoms with Crippen molar-refractivity contribution in [2.45, 2.75) is 0 Å². The maximum Gasteiger partial charge on any atom is 0.312 e. The Morgan fingerprint density at radius 3 is 2.39 bits per heavy atom. The Bertz CT molecular complexity index is 1680. The van der Waals surface area contributed by atoms with Crippen LogP contribution in [0.1, 0.15) is 16.4 Å². The van der Waals surface area contributed by atoms with Crippen molar-refractivity contribution in [1.29, 1.82) is 0 Å². The first kappa shape index (κ1) is 23.4. The molecule has 0 fully saturated rings. The summed E-state index contributed by atoms with van der Waals surface area (Å²) < 4.78 is 12.0. The van der Waals surface area contributed by atoms with Gasteiger partial charge < -0.3 is 14.5 Å². The molecule has 0 amide bonds. The molecule has 9 heteroatoms. The summed E-state index contributed by atoms with van der Waals surface area (Å²) in [7, 11) is 1.57. The van der Waals surface area contributed by atoms with Gasteiger partial charge >= 0.3 is 5.69 Å². The predicted octanol–water partition coefficient (Wildman–Crippen LogP) is 7.47. The van der Waals surface area contributed by atoms with Crippen molar-refractivity contribution in [3.8, 4) is 17.2 Å². The van der Waals surface area contributed by atoms with E-state index in [1.807, 2.05) is 54.6 Å². The van der Waals surface area contributed by atoms with E-state index in [2.05, 4.69) is 4.98 Å². The molecule has 0 aliphatic heterocycles. The molecule has 0 saturated carbocycles. The largest absolute Gasteiger partial charge is 0.497 e. The Morgan fingerprint density at radius 1 is 0.921 bits per heavy atom. The van der Waals surface area contributed by atoms with Gasteiger partial charge in [-0.05, 0) is 66.2 Å². The highest BCUT2D eigenvalue weighted by Gasteiger charge is 2.19. The van der Waals surface area contributed by atoms with Gasteiger partial charge in [0.15, 0.2) is 0 Å². The number of nitro benzene ring substituents is 1. The number of hydrogen-bond donors (Lipinski definition) is 1. The number of nitrogens with one attached hydrogen (secondary N) is 1. The molecule has 0 saturated heterocycles. The van der Waals surface area contributed by atoms with Crippen LogP contribution >= 0.6 is 11.3 Å². The minimum Gasteiger partial charge on any atom is -0.497 e. The van der Waals surface area contributed by atoms with Gasteiger partial charge in [-0.25, -0.2) is 9.97 Å². The van der Waals surface area contributed by atoms with Crippen molar-refractivity contribution in [3.05, 3.63) is 118 Å². The highest BCUT2D eigenvalue weighted by Crippen LogP contribution is 2.36. The SMILES string of the molecule is COc1ccc(Oc2ccc(/C=C(/c3nc4ccccc4[nH]3)c3nc4ccccc4s3)cc2[N+](=O)[O-])cc1. The number of hydrogen-bond acceptors (Lipinski definition) is 7. The molecule has 0 unspecified atom stereocenters. The van der Waals surface area contributed by atoms with E-state index >= 15 is 0 Å². The van der Waals surface area contributed by atoms with Crippen LogP contribution in [0, 0.1) is 10.1 Å². The summed E-state index contributed by atoms with van der Waals surface area (Å²) in [6.45, 7) is 0. The molecular formula is C29H20N4O4S. The van der Waals surface area contributed by atoms with Crippen molar-refractivity contribution in [1.82, 2.24) is 15.0 Å². The van der Waals surface area contributed by atoms with E-state index in [1.54, 1.807) is 43.5 Å². The zero-order chi connectivity index (χ0) is 26.1. The number of aromatic amines is 1. The molecule has 4 aromatic carbocycles. The quantitative estimate of drug-likeness (QED) is 0.173. The Morgan fingerprint density at radius 2 is 1.66 bits per heavy atom. The number of aromatic nitrogens is 3. The number of benzene rings is 4. The van der Waals surface area contributed by atoms with Crippen molar-refractivity contribution in [2.24, 2.45) is 0 Å². The summed E-state index contributed by atoms with van der Waals surface area (Å²) in [4.78, 5) is 24.5. The Hall–Kier alpha value is -5.02. The van der Waals surface area contributed by atoms with Crippen molar-refractivity contribution >= 4 is 49.9 Å². The lowest BCUT2D eigenvalue weighted by molar-refractivity contribution is -0.385. The zero-order valence-corrected chi connectivity index (χ0v) is 20.9. The second kappa shape index (κ2) is 9.79. The van der Waals surface area contributed by atoms with Crippen LogP contribution in [0.2, 0.25) is 0 Å². The number of fused-ring (bicyclic) bond motifs is 2. The normalized spacial score (nSPS) is 11.7. The lowest BCUT2D eigenvalue weighted by Crippen LogP contribution is -1.95. The molecular weight excluding hydrogens is 500 g/mol. The second-order valence-corrected chi connectivity index (χ2v) is 9.44. The number of thiazole rings is 1. The molecule has 38 heavy (non-hydrogen) atoms. The number of nitrogens with zero attached hydrogens (tertiary/aromatic N) is 3. The molecule has 2 heterocycles. The van der Waals surface area contributed by atoms with E-state index in [9.17, 15) is 10.1 Å². The molecule has 0 atom stereocenters. The number of ether oxygens (including phenoxy) is 2. The molecule has 6 rings (SSSR count). The van der Waals surface area contributed by atoms with Gasteiger partial charge in [0.25, 0.3) is 0 Å². The summed E-state index contributed by atoms with van der Waals surface area (Å²) in [5, 5.41) is 12.7. The Labute approximate surface area is 221 Å². The second-order valence-electron chi connectivity index (χ2n) is 8.41. The molecule has 0 spiro atoms. The number of rotatable bonds is 7. The molecule has 2 aromatic heterocycles. The smallest absolute Gasteiger partial charge is 0.312 e. The fraction of sp³-hybridized carbons (Fsp3) is 0.0345. The third-order valence-electron chi connectivity index (χ3n) is 5.95. The van der Waals surface area contributed by atoms with Gasteiger partial charge in [-0.1, -0.05) is 30.3 Å². The molecule has 6 aromatic rings. The highest BCUT2D eigenvalue weighted by atomic mass is 32.1. The van der Waals surface area contributed by atoms with Crippen LogP contribution in [0.15, 0.2) is 91.0 Å². The number of methoxy groups -OCH3 is 1. The summed E-state index contributed by atoms with van der Waals surface area (Å²) in [6.07, 6.45) is 1.86. The van der Waals surface area contributed by atoms with Crippen LogP contribution < -0.4 is 9.47 Å². The monoisotopic (exact) mass is 520 g/mol. The van der Waals surface area contributed by atoms with E-state index in [-0.39, 0.29) is 11.4 Å². The topological polar surface area (TPSA) is 103 Å². The maximum absolute atomic E-state index is 12.0. The molecule has 0 bridgehead atoms. The summed E-state index contributed by atoms with van der Waals surface area (Å²) in [5.74, 6) is 1.91. The van der Waals surface area contributed by atoms with Crippen LogP contribution in [0.3, 0.4) is 0 Å². The van der Waals surface area contributed by atoms with E-state index < -0.39 is 4.92 Å². The van der Waals surface area contributed by atoms with Gasteiger partial charge in [0.1, 0.15) is 22.3 Å². The molecule has 186 valence electrons. The first-order chi connectivity index (χ1) is 18.6. The molecule has 1 N–H and O–H groups in total. The number of imidazole rings is 1. The third-order valence-corrected chi connectivity index (χ3v) is 7.02. The fourth-order valence-electron chi connectivity index (χ4n) is 4.09. The van der Waals surface area contributed by atoms with Crippen molar-refractivity contribution in [2.75, 3.05) is 7.11 Å². The van der Waals surface area contributed by atoms with Gasteiger partial charge in [0.2, 0.25) is 5.75 Å². The van der Waals surface area contributed by atoms with Gasteiger partial charge in [-0.2, -0.15) is 0 Å². The van der Waals surface area contributed by atoms with E-state index in [1.165, 1.54) is 17.4 Å².